The number of ether oxygens (including phenoxy) is 2. The summed E-state index contributed by atoms with van der Waals surface area (Å²) >= 11 is 0. The van der Waals surface area contributed by atoms with Gasteiger partial charge in [0.2, 0.25) is 6.79 Å². The summed E-state index contributed by atoms with van der Waals surface area (Å²) in [5.41, 5.74) is 5.89. The molecule has 0 unspecified atom stereocenters. The maximum Gasteiger partial charge on any atom is 0.231 e. The zero-order chi connectivity index (χ0) is 20.0. The van der Waals surface area contributed by atoms with Gasteiger partial charge in [-0.05, 0) is 46.9 Å². The molecule has 146 valence electrons. The molecule has 0 fully saturated rings. The normalized spacial score (nSPS) is 13.2. The number of benzene rings is 3. The number of hydrogen-bond acceptors (Lipinski definition) is 3. The fraction of sp³-hybridized carbons (Fsp3) is 0.240. The van der Waals surface area contributed by atoms with Gasteiger partial charge < -0.3 is 14.0 Å². The maximum absolute atomic E-state index is 5.58. The molecule has 0 saturated heterocycles. The second-order valence-corrected chi connectivity index (χ2v) is 8.53. The first-order chi connectivity index (χ1) is 14.0. The summed E-state index contributed by atoms with van der Waals surface area (Å²) < 4.78 is 13.3. The van der Waals surface area contributed by atoms with Crippen LogP contribution in [0.15, 0.2) is 66.7 Å². The number of aromatic nitrogens is 2. The van der Waals surface area contributed by atoms with Gasteiger partial charge in [-0.25, -0.2) is 4.98 Å². The molecule has 2 heterocycles. The highest BCUT2D eigenvalue weighted by Gasteiger charge is 2.18. The average Bonchev–Trinajstić information content (AvgIpc) is 3.32. The minimum Gasteiger partial charge on any atom is -0.454 e. The van der Waals surface area contributed by atoms with Gasteiger partial charge in [0.1, 0.15) is 5.82 Å². The van der Waals surface area contributed by atoms with Crippen molar-refractivity contribution in [3.8, 4) is 22.9 Å². The minimum absolute atomic E-state index is 0.151. The Morgan fingerprint density at radius 3 is 2.45 bits per heavy atom. The van der Waals surface area contributed by atoms with Crippen LogP contribution in [0.25, 0.3) is 22.4 Å². The molecule has 0 saturated carbocycles. The third-order valence-corrected chi connectivity index (χ3v) is 5.45. The van der Waals surface area contributed by atoms with Crippen LogP contribution >= 0.6 is 0 Å². The zero-order valence-corrected chi connectivity index (χ0v) is 17.0. The molecule has 0 atom stereocenters. The molecule has 0 aliphatic carbocycles. The van der Waals surface area contributed by atoms with Crippen molar-refractivity contribution in [3.63, 3.8) is 0 Å². The highest BCUT2D eigenvalue weighted by Crippen LogP contribution is 2.36. The Morgan fingerprint density at radius 2 is 1.66 bits per heavy atom. The molecule has 0 amide bonds. The van der Waals surface area contributed by atoms with Crippen molar-refractivity contribution in [1.82, 2.24) is 9.55 Å². The van der Waals surface area contributed by atoms with E-state index >= 15 is 0 Å². The molecule has 0 bridgehead atoms. The Bertz CT molecular complexity index is 1180. The predicted molar refractivity (Wildman–Crippen MR) is 116 cm³/mol. The second-order valence-electron chi connectivity index (χ2n) is 8.53. The van der Waals surface area contributed by atoms with E-state index in [1.54, 1.807) is 0 Å². The molecule has 5 rings (SSSR count). The van der Waals surface area contributed by atoms with Crippen LogP contribution in [0.5, 0.6) is 11.5 Å². The maximum atomic E-state index is 5.58. The van der Waals surface area contributed by atoms with Crippen molar-refractivity contribution in [2.45, 2.75) is 32.7 Å². The number of nitrogens with zero attached hydrogens (tertiary/aromatic N) is 2. The summed E-state index contributed by atoms with van der Waals surface area (Å²) in [5, 5.41) is 0. The molecular formula is C25H24N2O2. The molecule has 4 heteroatoms. The van der Waals surface area contributed by atoms with E-state index in [-0.39, 0.29) is 12.2 Å². The van der Waals surface area contributed by atoms with Crippen LogP contribution in [0.2, 0.25) is 0 Å². The van der Waals surface area contributed by atoms with E-state index in [1.165, 1.54) is 11.1 Å². The van der Waals surface area contributed by atoms with E-state index in [0.29, 0.717) is 0 Å². The number of rotatable bonds is 3. The van der Waals surface area contributed by atoms with Gasteiger partial charge in [0, 0.05) is 12.1 Å². The zero-order valence-electron chi connectivity index (χ0n) is 17.0. The standard InChI is InChI=1S/C25H24N2O2/c1-25(2,3)19-11-8-17(9-12-19)15-27-21-7-5-4-6-20(21)26-24(27)18-10-13-22-23(14-18)29-16-28-22/h4-14H,15-16H2,1-3H3. The first kappa shape index (κ1) is 17.8. The van der Waals surface area contributed by atoms with Crippen LogP contribution in [0.4, 0.5) is 0 Å². The fourth-order valence-corrected chi connectivity index (χ4v) is 3.78. The van der Waals surface area contributed by atoms with Crippen LogP contribution in [0.3, 0.4) is 0 Å². The molecule has 4 aromatic rings. The Hall–Kier alpha value is -3.27. The highest BCUT2D eigenvalue weighted by molar-refractivity contribution is 5.81. The first-order valence-electron chi connectivity index (χ1n) is 9.94. The summed E-state index contributed by atoms with van der Waals surface area (Å²) in [4.78, 5) is 4.93. The Labute approximate surface area is 170 Å². The predicted octanol–water partition coefficient (Wildman–Crippen LogP) is 5.78. The van der Waals surface area contributed by atoms with Crippen LogP contribution in [-0.4, -0.2) is 16.3 Å². The summed E-state index contributed by atoms with van der Waals surface area (Å²) in [6.07, 6.45) is 0. The lowest BCUT2D eigenvalue weighted by Crippen LogP contribution is -2.11. The molecule has 4 nitrogen and oxygen atoms in total. The van der Waals surface area contributed by atoms with Gasteiger partial charge in [0.15, 0.2) is 11.5 Å². The van der Waals surface area contributed by atoms with Gasteiger partial charge in [0.25, 0.3) is 0 Å². The molecule has 3 aromatic carbocycles. The number of fused-ring (bicyclic) bond motifs is 2. The third-order valence-electron chi connectivity index (χ3n) is 5.45. The van der Waals surface area contributed by atoms with Gasteiger partial charge in [-0.3, -0.25) is 0 Å². The molecule has 1 aliphatic heterocycles. The second kappa shape index (κ2) is 6.66. The van der Waals surface area contributed by atoms with Crippen LogP contribution in [-0.2, 0) is 12.0 Å². The highest BCUT2D eigenvalue weighted by atomic mass is 16.7. The van der Waals surface area contributed by atoms with Gasteiger partial charge in [-0.1, -0.05) is 57.2 Å². The Kier molecular flexibility index (Phi) is 4.09. The molecule has 1 aliphatic rings. The van der Waals surface area contributed by atoms with Crippen molar-refractivity contribution in [2.75, 3.05) is 6.79 Å². The quantitative estimate of drug-likeness (QED) is 0.449. The van der Waals surface area contributed by atoms with E-state index in [1.807, 2.05) is 24.3 Å². The van der Waals surface area contributed by atoms with Crippen molar-refractivity contribution < 1.29 is 9.47 Å². The Balaban J connectivity index is 1.58. The van der Waals surface area contributed by atoms with Gasteiger partial charge in [0.05, 0.1) is 11.0 Å². The number of para-hydroxylation sites is 2. The van der Waals surface area contributed by atoms with E-state index in [0.717, 1.165) is 40.5 Å². The molecule has 0 radical (unpaired) electrons. The van der Waals surface area contributed by atoms with Crippen LogP contribution in [0, 0.1) is 0 Å². The lowest BCUT2D eigenvalue weighted by atomic mass is 9.87. The summed E-state index contributed by atoms with van der Waals surface area (Å²) in [6, 6.07) is 23.2. The van der Waals surface area contributed by atoms with Gasteiger partial charge in [-0.2, -0.15) is 0 Å². The largest absolute Gasteiger partial charge is 0.454 e. The number of hydrogen-bond donors (Lipinski definition) is 0. The van der Waals surface area contributed by atoms with Gasteiger partial charge >= 0.3 is 0 Å². The molecule has 0 N–H and O–H groups in total. The van der Waals surface area contributed by atoms with E-state index in [2.05, 4.69) is 67.8 Å². The molecular weight excluding hydrogens is 360 g/mol. The summed E-state index contributed by atoms with van der Waals surface area (Å²) in [5.74, 6) is 2.49. The summed E-state index contributed by atoms with van der Waals surface area (Å²) in [7, 11) is 0. The smallest absolute Gasteiger partial charge is 0.231 e. The Morgan fingerprint density at radius 1 is 0.897 bits per heavy atom. The SMILES string of the molecule is CC(C)(C)c1ccc(Cn2c(-c3ccc4c(c3)OCO4)nc3ccccc32)cc1. The minimum atomic E-state index is 0.151. The molecule has 0 spiro atoms. The van der Waals surface area contributed by atoms with Crippen molar-refractivity contribution in [2.24, 2.45) is 0 Å². The van der Waals surface area contributed by atoms with Crippen molar-refractivity contribution >= 4 is 11.0 Å². The van der Waals surface area contributed by atoms with Gasteiger partial charge in [-0.15, -0.1) is 0 Å². The first-order valence-corrected chi connectivity index (χ1v) is 9.94. The molecule has 1 aromatic heterocycles. The third kappa shape index (κ3) is 3.25. The number of imidazole rings is 1. The van der Waals surface area contributed by atoms with Crippen molar-refractivity contribution in [3.05, 3.63) is 77.9 Å². The van der Waals surface area contributed by atoms with E-state index < -0.39 is 0 Å². The lowest BCUT2D eigenvalue weighted by molar-refractivity contribution is 0.174. The van der Waals surface area contributed by atoms with Crippen LogP contribution in [0.1, 0.15) is 31.9 Å². The monoisotopic (exact) mass is 384 g/mol. The fourth-order valence-electron chi connectivity index (χ4n) is 3.78. The lowest BCUT2D eigenvalue weighted by Gasteiger charge is -2.19. The van der Waals surface area contributed by atoms with E-state index in [4.69, 9.17) is 14.5 Å². The summed E-state index contributed by atoms with van der Waals surface area (Å²) in [6.45, 7) is 7.75. The molecule has 29 heavy (non-hydrogen) atoms. The average molecular weight is 384 g/mol. The van der Waals surface area contributed by atoms with Crippen LogP contribution < -0.4 is 9.47 Å². The topological polar surface area (TPSA) is 36.3 Å². The van der Waals surface area contributed by atoms with Crippen molar-refractivity contribution in [1.29, 1.82) is 0 Å². The van der Waals surface area contributed by atoms with E-state index in [9.17, 15) is 0 Å².